The number of carbonyl (C=O) groups is 1. The zero-order chi connectivity index (χ0) is 13.2. The number of carboxylic acids is 1. The number of thioether (sulfide) groups is 2. The third kappa shape index (κ3) is 2.99. The summed E-state index contributed by atoms with van der Waals surface area (Å²) in [7, 11) is 0. The molecule has 0 amide bonds. The summed E-state index contributed by atoms with van der Waals surface area (Å²) in [6.45, 7) is 2.38. The Morgan fingerprint density at radius 1 is 1.50 bits per heavy atom. The quantitative estimate of drug-likeness (QED) is 0.833. The summed E-state index contributed by atoms with van der Waals surface area (Å²) < 4.78 is 0.187. The Morgan fingerprint density at radius 3 is 2.83 bits per heavy atom. The zero-order valence-electron chi connectivity index (χ0n) is 10.9. The van der Waals surface area contributed by atoms with Gasteiger partial charge in [-0.25, -0.2) is 0 Å². The molecule has 2 rings (SSSR count). The van der Waals surface area contributed by atoms with E-state index in [-0.39, 0.29) is 15.4 Å². The van der Waals surface area contributed by atoms with Crippen LogP contribution in [0.15, 0.2) is 0 Å². The van der Waals surface area contributed by atoms with Crippen LogP contribution in [0.25, 0.3) is 0 Å². The highest BCUT2D eigenvalue weighted by Crippen LogP contribution is 2.61. The molecule has 2 aliphatic rings. The molecule has 0 radical (unpaired) electrons. The zero-order valence-corrected chi connectivity index (χ0v) is 12.5. The van der Waals surface area contributed by atoms with Gasteiger partial charge in [0.05, 0.1) is 10.7 Å². The second kappa shape index (κ2) is 5.63. The molecule has 1 spiro atoms. The maximum atomic E-state index is 10.9. The summed E-state index contributed by atoms with van der Waals surface area (Å²) in [5.41, 5.74) is 0. The smallest absolute Gasteiger partial charge is 0.303 e. The van der Waals surface area contributed by atoms with Gasteiger partial charge in [0.15, 0.2) is 0 Å². The average Bonchev–Trinajstić information content (AvgIpc) is 2.68. The third-order valence-corrected chi connectivity index (χ3v) is 8.28. The van der Waals surface area contributed by atoms with Gasteiger partial charge >= 0.3 is 5.97 Å². The van der Waals surface area contributed by atoms with Crippen molar-refractivity contribution in [2.45, 2.75) is 54.3 Å². The lowest BCUT2D eigenvalue weighted by atomic mass is 9.86. The number of aliphatic carboxylic acids is 1. The normalized spacial score (nSPS) is 40.2. The number of aliphatic hydroxyl groups excluding tert-OH is 1. The molecule has 0 bridgehead atoms. The van der Waals surface area contributed by atoms with Gasteiger partial charge in [0, 0.05) is 16.9 Å². The summed E-state index contributed by atoms with van der Waals surface area (Å²) in [4.78, 5) is 10.9. The highest BCUT2D eigenvalue weighted by atomic mass is 32.2. The minimum atomic E-state index is -0.672. The van der Waals surface area contributed by atoms with Crippen LogP contribution in [0.5, 0.6) is 0 Å². The molecule has 0 aromatic rings. The molecule has 5 heteroatoms. The van der Waals surface area contributed by atoms with E-state index in [1.165, 1.54) is 6.42 Å². The van der Waals surface area contributed by atoms with Crippen LogP contribution < -0.4 is 0 Å². The summed E-state index contributed by atoms with van der Waals surface area (Å²) in [6.07, 6.45) is 5.64. The maximum absolute atomic E-state index is 10.9. The van der Waals surface area contributed by atoms with E-state index in [2.05, 4.69) is 6.92 Å². The van der Waals surface area contributed by atoms with Crippen LogP contribution in [-0.2, 0) is 4.79 Å². The van der Waals surface area contributed by atoms with E-state index in [9.17, 15) is 9.90 Å². The van der Waals surface area contributed by atoms with Gasteiger partial charge in [0.1, 0.15) is 0 Å². The summed E-state index contributed by atoms with van der Waals surface area (Å²) in [6, 6.07) is 0. The van der Waals surface area contributed by atoms with E-state index in [0.29, 0.717) is 12.3 Å². The summed E-state index contributed by atoms with van der Waals surface area (Å²) in [5, 5.41) is 18.6. The molecule has 2 N–H and O–H groups in total. The van der Waals surface area contributed by atoms with E-state index in [1.54, 1.807) is 0 Å². The SMILES string of the molecule is CCC1(CO)CSC2(CCCC(CC(=O)O)C2)S1. The first-order chi connectivity index (χ1) is 8.53. The molecule has 0 aromatic carbocycles. The van der Waals surface area contributed by atoms with Crippen LogP contribution in [0.1, 0.15) is 45.4 Å². The van der Waals surface area contributed by atoms with Gasteiger partial charge in [-0.2, -0.15) is 0 Å². The molecule has 2 fully saturated rings. The maximum Gasteiger partial charge on any atom is 0.303 e. The predicted octanol–water partition coefficient (Wildman–Crippen LogP) is 2.97. The van der Waals surface area contributed by atoms with Crippen molar-refractivity contribution in [3.8, 4) is 0 Å². The molecule has 3 nitrogen and oxygen atoms in total. The number of hydrogen-bond donors (Lipinski definition) is 2. The van der Waals surface area contributed by atoms with Crippen molar-refractivity contribution in [2.24, 2.45) is 5.92 Å². The highest BCUT2D eigenvalue weighted by Gasteiger charge is 2.50. The van der Waals surface area contributed by atoms with E-state index in [4.69, 9.17) is 5.11 Å². The Morgan fingerprint density at radius 2 is 2.28 bits per heavy atom. The number of carboxylic acid groups (broad SMARTS) is 1. The minimum absolute atomic E-state index is 0.00970. The van der Waals surface area contributed by atoms with Gasteiger partial charge in [-0.3, -0.25) is 4.79 Å². The molecule has 1 aliphatic carbocycles. The summed E-state index contributed by atoms with van der Waals surface area (Å²) >= 11 is 3.89. The van der Waals surface area contributed by atoms with Crippen molar-refractivity contribution in [2.75, 3.05) is 12.4 Å². The third-order valence-electron chi connectivity index (χ3n) is 4.17. The lowest BCUT2D eigenvalue weighted by molar-refractivity contribution is -0.138. The number of aliphatic hydroxyl groups is 1. The topological polar surface area (TPSA) is 57.5 Å². The molecule has 1 aliphatic heterocycles. The lowest BCUT2D eigenvalue weighted by Crippen LogP contribution is -2.32. The fourth-order valence-electron chi connectivity index (χ4n) is 3.03. The average molecular weight is 290 g/mol. The molecule has 18 heavy (non-hydrogen) atoms. The number of hydrogen-bond acceptors (Lipinski definition) is 4. The summed E-state index contributed by atoms with van der Waals surface area (Å²) in [5.74, 6) is 0.654. The van der Waals surface area contributed by atoms with Crippen LogP contribution in [0.4, 0.5) is 0 Å². The van der Waals surface area contributed by atoms with E-state index < -0.39 is 5.97 Å². The molecular weight excluding hydrogens is 268 g/mol. The van der Waals surface area contributed by atoms with Crippen molar-refractivity contribution >= 4 is 29.5 Å². The monoisotopic (exact) mass is 290 g/mol. The van der Waals surface area contributed by atoms with Crippen molar-refractivity contribution < 1.29 is 15.0 Å². The Kier molecular flexibility index (Phi) is 4.55. The van der Waals surface area contributed by atoms with Crippen molar-refractivity contribution in [1.82, 2.24) is 0 Å². The van der Waals surface area contributed by atoms with Crippen molar-refractivity contribution in [1.29, 1.82) is 0 Å². The van der Waals surface area contributed by atoms with Crippen molar-refractivity contribution in [3.05, 3.63) is 0 Å². The van der Waals surface area contributed by atoms with Crippen LogP contribution in [0.3, 0.4) is 0 Å². The first kappa shape index (κ1) is 14.5. The minimum Gasteiger partial charge on any atom is -0.481 e. The van der Waals surface area contributed by atoms with Gasteiger partial charge in [0.25, 0.3) is 0 Å². The van der Waals surface area contributed by atoms with Gasteiger partial charge in [-0.15, -0.1) is 23.5 Å². The first-order valence-corrected chi connectivity index (χ1v) is 8.50. The molecule has 3 atom stereocenters. The first-order valence-electron chi connectivity index (χ1n) is 6.70. The van der Waals surface area contributed by atoms with Gasteiger partial charge < -0.3 is 10.2 Å². The molecular formula is C13H22O3S2. The molecule has 3 unspecified atom stereocenters. The molecule has 104 valence electrons. The number of rotatable bonds is 4. The second-order valence-corrected chi connectivity index (χ2v) is 9.03. The van der Waals surface area contributed by atoms with Crippen LogP contribution in [0.2, 0.25) is 0 Å². The van der Waals surface area contributed by atoms with Gasteiger partial charge in [-0.1, -0.05) is 13.3 Å². The van der Waals surface area contributed by atoms with Crippen molar-refractivity contribution in [3.63, 3.8) is 0 Å². The molecule has 1 heterocycles. The standard InChI is InChI=1S/C13H22O3S2/c1-2-12(8-14)9-17-13(18-12)5-3-4-10(7-13)6-11(15)16/h10,14H,2-9H2,1H3,(H,15,16). The van der Waals surface area contributed by atoms with E-state index in [1.807, 2.05) is 23.5 Å². The Balaban J connectivity index is 2.02. The van der Waals surface area contributed by atoms with E-state index in [0.717, 1.165) is 31.4 Å². The molecule has 1 saturated carbocycles. The van der Waals surface area contributed by atoms with E-state index >= 15 is 0 Å². The lowest BCUT2D eigenvalue weighted by Gasteiger charge is -2.38. The highest BCUT2D eigenvalue weighted by molar-refractivity contribution is 8.22. The largest absolute Gasteiger partial charge is 0.481 e. The van der Waals surface area contributed by atoms with Crippen LogP contribution in [-0.4, -0.2) is 37.4 Å². The molecule has 0 aromatic heterocycles. The Labute approximate surface area is 117 Å². The van der Waals surface area contributed by atoms with Gasteiger partial charge in [-0.05, 0) is 31.6 Å². The fraction of sp³-hybridized carbons (Fsp3) is 0.923. The second-order valence-electron chi connectivity index (χ2n) is 5.56. The van der Waals surface area contributed by atoms with Gasteiger partial charge in [0.2, 0.25) is 0 Å². The van der Waals surface area contributed by atoms with Crippen LogP contribution in [0, 0.1) is 5.92 Å². The fourth-order valence-corrected chi connectivity index (χ4v) is 7.41. The Bertz CT molecular complexity index is 317. The Hall–Kier alpha value is 0.130. The predicted molar refractivity (Wildman–Crippen MR) is 77.1 cm³/mol. The molecule has 1 saturated heterocycles. The van der Waals surface area contributed by atoms with Crippen LogP contribution >= 0.6 is 23.5 Å².